The van der Waals surface area contributed by atoms with E-state index in [2.05, 4.69) is 20.4 Å². The van der Waals surface area contributed by atoms with Crippen LogP contribution in [0, 0.1) is 6.92 Å². The van der Waals surface area contributed by atoms with Crippen LogP contribution in [0.5, 0.6) is 5.88 Å². The summed E-state index contributed by atoms with van der Waals surface area (Å²) in [4.78, 5) is 8.36. The predicted octanol–water partition coefficient (Wildman–Crippen LogP) is 0.954. The average molecular weight is 247 g/mol. The van der Waals surface area contributed by atoms with Crippen molar-refractivity contribution in [3.05, 3.63) is 18.1 Å². The van der Waals surface area contributed by atoms with Gasteiger partial charge in [0.1, 0.15) is 12.9 Å². The van der Waals surface area contributed by atoms with E-state index in [1.54, 1.807) is 4.52 Å². The molecule has 0 saturated carbocycles. The van der Waals surface area contributed by atoms with Gasteiger partial charge < -0.3 is 10.1 Å². The van der Waals surface area contributed by atoms with Crippen molar-refractivity contribution in [3.8, 4) is 5.88 Å². The van der Waals surface area contributed by atoms with Crippen molar-refractivity contribution in [2.45, 2.75) is 32.2 Å². The highest BCUT2D eigenvalue weighted by Gasteiger charge is 2.14. The van der Waals surface area contributed by atoms with Gasteiger partial charge in [0.05, 0.1) is 0 Å². The summed E-state index contributed by atoms with van der Waals surface area (Å²) in [5, 5.41) is 7.58. The Balaban J connectivity index is 1.75. The van der Waals surface area contributed by atoms with E-state index in [4.69, 9.17) is 4.74 Å². The molecule has 0 aromatic carbocycles. The van der Waals surface area contributed by atoms with Crippen LogP contribution >= 0.6 is 0 Å². The summed E-state index contributed by atoms with van der Waals surface area (Å²) in [5.74, 6) is 1.30. The number of nitrogens with zero attached hydrogens (tertiary/aromatic N) is 4. The molecule has 0 radical (unpaired) electrons. The van der Waals surface area contributed by atoms with Crippen LogP contribution in [0.15, 0.2) is 12.4 Å². The summed E-state index contributed by atoms with van der Waals surface area (Å²) in [5.41, 5.74) is 0.891. The maximum atomic E-state index is 5.86. The lowest BCUT2D eigenvalue weighted by Gasteiger charge is -2.23. The average Bonchev–Trinajstić information content (AvgIpc) is 2.85. The largest absolute Gasteiger partial charge is 0.476 e. The lowest BCUT2D eigenvalue weighted by atomic mass is 10.1. The summed E-state index contributed by atoms with van der Waals surface area (Å²) in [6.45, 7) is 3.68. The smallest absolute Gasteiger partial charge is 0.255 e. The van der Waals surface area contributed by atoms with Crippen molar-refractivity contribution in [3.63, 3.8) is 0 Å². The maximum Gasteiger partial charge on any atom is 0.255 e. The van der Waals surface area contributed by atoms with Gasteiger partial charge in [-0.25, -0.2) is 4.98 Å². The molecule has 1 aliphatic rings. The van der Waals surface area contributed by atoms with Crippen LogP contribution in [-0.2, 0) is 0 Å². The van der Waals surface area contributed by atoms with Crippen molar-refractivity contribution in [1.82, 2.24) is 24.9 Å². The number of ether oxygens (including phenoxy) is 1. The number of hydrogen-bond donors (Lipinski definition) is 1. The molecule has 0 bridgehead atoms. The van der Waals surface area contributed by atoms with Crippen molar-refractivity contribution < 1.29 is 4.74 Å². The normalized spacial score (nSPS) is 20.2. The number of aryl methyl sites for hydroxylation is 1. The Bertz CT molecular complexity index is 532. The molecule has 1 atom stereocenters. The van der Waals surface area contributed by atoms with Crippen molar-refractivity contribution in [2.75, 3.05) is 13.2 Å². The van der Waals surface area contributed by atoms with E-state index < -0.39 is 0 Å². The molecule has 6 nitrogen and oxygen atoms in total. The molecule has 1 saturated heterocycles. The Labute approximate surface area is 105 Å². The zero-order chi connectivity index (χ0) is 12.4. The van der Waals surface area contributed by atoms with Gasteiger partial charge in [0.25, 0.3) is 5.78 Å². The predicted molar refractivity (Wildman–Crippen MR) is 66.7 cm³/mol. The van der Waals surface area contributed by atoms with Gasteiger partial charge in [-0.1, -0.05) is 6.42 Å². The van der Waals surface area contributed by atoms with Gasteiger partial charge >= 0.3 is 0 Å². The van der Waals surface area contributed by atoms with Gasteiger partial charge in [-0.2, -0.15) is 14.6 Å². The number of nitrogens with one attached hydrogen (secondary N) is 1. The van der Waals surface area contributed by atoms with Gasteiger partial charge in [-0.05, 0) is 26.3 Å². The minimum absolute atomic E-state index is 0.436. The molecule has 1 fully saturated rings. The first-order valence-corrected chi connectivity index (χ1v) is 6.36. The zero-order valence-electron chi connectivity index (χ0n) is 10.5. The molecule has 3 heterocycles. The van der Waals surface area contributed by atoms with Crippen LogP contribution in [0.2, 0.25) is 0 Å². The number of fused-ring (bicyclic) bond motifs is 1. The summed E-state index contributed by atoms with van der Waals surface area (Å²) in [6, 6.07) is 2.33. The molecule has 3 rings (SSSR count). The second kappa shape index (κ2) is 4.89. The highest BCUT2D eigenvalue weighted by atomic mass is 16.5. The molecular weight excluding hydrogens is 230 g/mol. The molecule has 2 aromatic heterocycles. The van der Waals surface area contributed by atoms with Crippen LogP contribution in [0.25, 0.3) is 5.78 Å². The van der Waals surface area contributed by atoms with Crippen LogP contribution in [-0.4, -0.2) is 38.8 Å². The SMILES string of the molecule is Cc1cc(OCC2CCCCN2)n2ncnc2n1. The molecule has 0 aliphatic carbocycles. The number of rotatable bonds is 3. The number of piperidine rings is 1. The zero-order valence-corrected chi connectivity index (χ0v) is 10.5. The highest BCUT2D eigenvalue weighted by molar-refractivity contribution is 5.32. The third-order valence-corrected chi connectivity index (χ3v) is 3.19. The fourth-order valence-electron chi connectivity index (χ4n) is 2.25. The van der Waals surface area contributed by atoms with Crippen LogP contribution in [0.1, 0.15) is 25.0 Å². The Morgan fingerprint density at radius 1 is 1.50 bits per heavy atom. The van der Waals surface area contributed by atoms with E-state index in [9.17, 15) is 0 Å². The summed E-state index contributed by atoms with van der Waals surface area (Å²) in [6.07, 6.45) is 5.20. The Morgan fingerprint density at radius 2 is 2.44 bits per heavy atom. The highest BCUT2D eigenvalue weighted by Crippen LogP contribution is 2.14. The fraction of sp³-hybridized carbons (Fsp3) is 0.583. The molecule has 1 aliphatic heterocycles. The minimum Gasteiger partial charge on any atom is -0.476 e. The topological polar surface area (TPSA) is 64.3 Å². The van der Waals surface area contributed by atoms with E-state index in [1.165, 1.54) is 25.6 Å². The van der Waals surface area contributed by atoms with Gasteiger partial charge in [-0.3, -0.25) is 0 Å². The monoisotopic (exact) mass is 247 g/mol. The first-order chi connectivity index (χ1) is 8.83. The van der Waals surface area contributed by atoms with Gasteiger partial charge in [0.2, 0.25) is 5.88 Å². The quantitative estimate of drug-likeness (QED) is 0.875. The van der Waals surface area contributed by atoms with Crippen molar-refractivity contribution in [1.29, 1.82) is 0 Å². The minimum atomic E-state index is 0.436. The van der Waals surface area contributed by atoms with Gasteiger partial charge in [0, 0.05) is 17.8 Å². The molecule has 2 aromatic rings. The lowest BCUT2D eigenvalue weighted by molar-refractivity contribution is 0.227. The standard InChI is InChI=1S/C12H17N5O/c1-9-6-11(17-12(16-9)14-8-15-17)18-7-10-4-2-3-5-13-10/h6,8,10,13H,2-5,7H2,1H3. The van der Waals surface area contributed by atoms with Crippen LogP contribution in [0.3, 0.4) is 0 Å². The number of hydrogen-bond acceptors (Lipinski definition) is 5. The van der Waals surface area contributed by atoms with Gasteiger partial charge in [-0.15, -0.1) is 0 Å². The summed E-state index contributed by atoms with van der Waals surface area (Å²) < 4.78 is 7.49. The Hall–Kier alpha value is -1.69. The molecular formula is C12H17N5O. The molecule has 0 spiro atoms. The summed E-state index contributed by atoms with van der Waals surface area (Å²) >= 11 is 0. The third-order valence-electron chi connectivity index (χ3n) is 3.19. The Kier molecular flexibility index (Phi) is 3.10. The summed E-state index contributed by atoms with van der Waals surface area (Å²) in [7, 11) is 0. The first kappa shape index (κ1) is 11.4. The third kappa shape index (κ3) is 2.28. The van der Waals surface area contributed by atoms with E-state index >= 15 is 0 Å². The molecule has 18 heavy (non-hydrogen) atoms. The van der Waals surface area contributed by atoms with E-state index in [1.807, 2.05) is 13.0 Å². The lowest BCUT2D eigenvalue weighted by Crippen LogP contribution is -2.38. The van der Waals surface area contributed by atoms with Crippen molar-refractivity contribution in [2.24, 2.45) is 0 Å². The molecule has 0 amide bonds. The maximum absolute atomic E-state index is 5.86. The molecule has 6 heteroatoms. The second-order valence-electron chi connectivity index (χ2n) is 4.67. The van der Waals surface area contributed by atoms with E-state index in [-0.39, 0.29) is 0 Å². The number of aromatic nitrogens is 4. The molecule has 1 unspecified atom stereocenters. The Morgan fingerprint density at radius 3 is 3.28 bits per heavy atom. The fourth-order valence-corrected chi connectivity index (χ4v) is 2.25. The van der Waals surface area contributed by atoms with Crippen LogP contribution < -0.4 is 10.1 Å². The van der Waals surface area contributed by atoms with Crippen molar-refractivity contribution >= 4 is 5.78 Å². The van der Waals surface area contributed by atoms with E-state index in [0.29, 0.717) is 24.3 Å². The van der Waals surface area contributed by atoms with E-state index in [0.717, 1.165) is 12.2 Å². The molecule has 96 valence electrons. The molecule has 1 N–H and O–H groups in total. The van der Waals surface area contributed by atoms with Gasteiger partial charge in [0.15, 0.2) is 0 Å². The first-order valence-electron chi connectivity index (χ1n) is 6.36. The second-order valence-corrected chi connectivity index (χ2v) is 4.67. The van der Waals surface area contributed by atoms with Crippen LogP contribution in [0.4, 0.5) is 0 Å².